The first-order valence-electron chi connectivity index (χ1n) is 8.52. The lowest BCUT2D eigenvalue weighted by Gasteiger charge is -2.23. The van der Waals surface area contributed by atoms with E-state index in [9.17, 15) is 0 Å². The molecule has 2 aromatic rings. The van der Waals surface area contributed by atoms with Gasteiger partial charge in [-0.05, 0) is 43.0 Å². The van der Waals surface area contributed by atoms with Gasteiger partial charge in [0.05, 0.1) is 20.2 Å². The number of benzene rings is 2. The number of rotatable bonds is 6. The second-order valence-electron chi connectivity index (χ2n) is 6.25. The summed E-state index contributed by atoms with van der Waals surface area (Å²) >= 11 is 0. The average Bonchev–Trinajstić information content (AvgIpc) is 2.62. The Morgan fingerprint density at radius 1 is 0.870 bits per heavy atom. The third-order valence-corrected chi connectivity index (χ3v) is 4.48. The Hall–Kier alpha value is -2.00. The Bertz CT molecular complexity index is 606. The highest BCUT2D eigenvalue weighted by Crippen LogP contribution is 2.28. The summed E-state index contributed by atoms with van der Waals surface area (Å²) in [6.07, 6.45) is 4.09. The Morgan fingerprint density at radius 3 is 2.39 bits per heavy atom. The van der Waals surface area contributed by atoms with Gasteiger partial charge in [-0.25, -0.2) is 0 Å². The molecule has 1 aliphatic rings. The van der Waals surface area contributed by atoms with E-state index in [1.54, 1.807) is 12.0 Å². The molecule has 0 saturated carbocycles. The Labute approximate surface area is 138 Å². The van der Waals surface area contributed by atoms with Gasteiger partial charge >= 0.3 is 0 Å². The van der Waals surface area contributed by atoms with Crippen LogP contribution in [0.3, 0.4) is 0 Å². The summed E-state index contributed by atoms with van der Waals surface area (Å²) in [6, 6.07) is 16.6. The van der Waals surface area contributed by atoms with Crippen LogP contribution in [0.25, 0.3) is 0 Å². The van der Waals surface area contributed by atoms with Gasteiger partial charge in [0.2, 0.25) is 0 Å². The second kappa shape index (κ2) is 8.02. The summed E-state index contributed by atoms with van der Waals surface area (Å²) in [5.41, 5.74) is 2.49. The zero-order chi connectivity index (χ0) is 15.9. The fourth-order valence-corrected chi connectivity index (χ4v) is 3.19. The van der Waals surface area contributed by atoms with Crippen LogP contribution in [0.5, 0.6) is 11.5 Å². The van der Waals surface area contributed by atoms with E-state index in [4.69, 9.17) is 9.47 Å². The molecule has 1 saturated heterocycles. The summed E-state index contributed by atoms with van der Waals surface area (Å²) in [4.78, 5) is 1.68. The summed E-state index contributed by atoms with van der Waals surface area (Å²) in [6.45, 7) is 4.21. The van der Waals surface area contributed by atoms with Crippen LogP contribution < -0.4 is 14.4 Å². The van der Waals surface area contributed by atoms with E-state index in [1.807, 2.05) is 24.3 Å². The van der Waals surface area contributed by atoms with Crippen molar-refractivity contribution in [3.63, 3.8) is 0 Å². The molecule has 0 radical (unpaired) electrons. The molecule has 1 N–H and O–H groups in total. The molecule has 0 atom stereocenters. The molecule has 0 amide bonds. The Kier molecular flexibility index (Phi) is 5.54. The van der Waals surface area contributed by atoms with E-state index in [1.165, 1.54) is 37.9 Å². The molecular formula is C20H26NO2+. The molecule has 3 nitrogen and oxygen atoms in total. The molecule has 2 aromatic carbocycles. The quantitative estimate of drug-likeness (QED) is 0.886. The van der Waals surface area contributed by atoms with Crippen molar-refractivity contribution >= 4 is 0 Å². The van der Waals surface area contributed by atoms with Crippen molar-refractivity contribution in [2.24, 2.45) is 0 Å². The summed E-state index contributed by atoms with van der Waals surface area (Å²) in [7, 11) is 1.71. The van der Waals surface area contributed by atoms with E-state index < -0.39 is 0 Å². The lowest BCUT2D eigenvalue weighted by atomic mass is 10.1. The zero-order valence-corrected chi connectivity index (χ0v) is 13.9. The third-order valence-electron chi connectivity index (χ3n) is 4.48. The van der Waals surface area contributed by atoms with Crippen LogP contribution >= 0.6 is 0 Å². The van der Waals surface area contributed by atoms with Crippen LogP contribution in [0.1, 0.15) is 30.4 Å². The molecular weight excluding hydrogens is 286 g/mol. The minimum absolute atomic E-state index is 0.563. The van der Waals surface area contributed by atoms with Gasteiger partial charge in [-0.1, -0.05) is 30.3 Å². The average molecular weight is 312 g/mol. The van der Waals surface area contributed by atoms with Crippen molar-refractivity contribution in [2.75, 3.05) is 20.2 Å². The molecule has 1 aliphatic heterocycles. The van der Waals surface area contributed by atoms with E-state index in [0.29, 0.717) is 6.61 Å². The molecule has 3 heteroatoms. The normalized spacial score (nSPS) is 15.3. The minimum atomic E-state index is 0.563. The molecule has 0 aromatic heterocycles. The fraction of sp³-hybridized carbons (Fsp3) is 0.400. The highest BCUT2D eigenvalue weighted by Gasteiger charge is 2.15. The van der Waals surface area contributed by atoms with Crippen molar-refractivity contribution in [1.82, 2.24) is 0 Å². The first kappa shape index (κ1) is 15.9. The van der Waals surface area contributed by atoms with Crippen molar-refractivity contribution in [3.05, 3.63) is 59.7 Å². The summed E-state index contributed by atoms with van der Waals surface area (Å²) in [5, 5.41) is 0. The van der Waals surface area contributed by atoms with Gasteiger partial charge in [0.25, 0.3) is 0 Å². The fourth-order valence-electron chi connectivity index (χ4n) is 3.19. The smallest absolute Gasteiger partial charge is 0.161 e. The van der Waals surface area contributed by atoms with Gasteiger partial charge < -0.3 is 14.4 Å². The van der Waals surface area contributed by atoms with Crippen LogP contribution in [0.15, 0.2) is 48.5 Å². The van der Waals surface area contributed by atoms with Gasteiger partial charge in [-0.15, -0.1) is 0 Å². The number of piperidine rings is 1. The van der Waals surface area contributed by atoms with Crippen LogP contribution in [-0.2, 0) is 13.2 Å². The number of likely N-dealkylation sites (tertiary alicyclic amines) is 1. The van der Waals surface area contributed by atoms with Gasteiger partial charge in [0.15, 0.2) is 11.5 Å². The van der Waals surface area contributed by atoms with Gasteiger partial charge in [0, 0.05) is 5.56 Å². The topological polar surface area (TPSA) is 22.9 Å². The maximum atomic E-state index is 5.93. The van der Waals surface area contributed by atoms with E-state index in [0.717, 1.165) is 23.6 Å². The lowest BCUT2D eigenvalue weighted by Crippen LogP contribution is -3.11. The highest BCUT2D eigenvalue weighted by atomic mass is 16.5. The van der Waals surface area contributed by atoms with Crippen LogP contribution in [-0.4, -0.2) is 20.2 Å². The maximum Gasteiger partial charge on any atom is 0.161 e. The molecule has 3 rings (SSSR count). The predicted octanol–water partition coefficient (Wildman–Crippen LogP) is 2.84. The van der Waals surface area contributed by atoms with Crippen LogP contribution in [0.4, 0.5) is 0 Å². The van der Waals surface area contributed by atoms with E-state index >= 15 is 0 Å². The van der Waals surface area contributed by atoms with E-state index in [-0.39, 0.29) is 0 Å². The van der Waals surface area contributed by atoms with Crippen LogP contribution in [0, 0.1) is 0 Å². The number of hydrogen-bond donors (Lipinski definition) is 1. The molecule has 0 aliphatic carbocycles. The number of ether oxygens (including phenoxy) is 2. The summed E-state index contributed by atoms with van der Waals surface area (Å²) < 4.78 is 11.5. The maximum absolute atomic E-state index is 5.93. The van der Waals surface area contributed by atoms with E-state index in [2.05, 4.69) is 24.3 Å². The third kappa shape index (κ3) is 4.49. The molecule has 0 spiro atoms. The highest BCUT2D eigenvalue weighted by molar-refractivity contribution is 5.42. The standard InChI is InChI=1S/C20H25NO2/c1-22-20-14-18(15-21-12-6-3-7-13-21)10-11-19(20)23-16-17-8-4-2-5-9-17/h2,4-5,8-11,14H,3,6-7,12-13,15-16H2,1H3/p+1. The molecule has 23 heavy (non-hydrogen) atoms. The molecule has 122 valence electrons. The monoisotopic (exact) mass is 312 g/mol. The number of quaternary nitrogens is 1. The van der Waals surface area contributed by atoms with Gasteiger partial charge in [0.1, 0.15) is 13.2 Å². The van der Waals surface area contributed by atoms with Crippen molar-refractivity contribution < 1.29 is 14.4 Å². The van der Waals surface area contributed by atoms with Gasteiger partial charge in [-0.2, -0.15) is 0 Å². The molecule has 0 unspecified atom stereocenters. The zero-order valence-electron chi connectivity index (χ0n) is 13.9. The summed E-state index contributed by atoms with van der Waals surface area (Å²) in [5.74, 6) is 1.64. The van der Waals surface area contributed by atoms with Crippen LogP contribution in [0.2, 0.25) is 0 Å². The first-order valence-corrected chi connectivity index (χ1v) is 8.52. The SMILES string of the molecule is COc1cc(C[NH+]2CCCCC2)ccc1OCc1ccccc1. The number of methoxy groups -OCH3 is 1. The molecule has 0 bridgehead atoms. The Morgan fingerprint density at radius 2 is 1.65 bits per heavy atom. The van der Waals surface area contributed by atoms with Crippen molar-refractivity contribution in [3.8, 4) is 11.5 Å². The second-order valence-corrected chi connectivity index (χ2v) is 6.25. The van der Waals surface area contributed by atoms with Gasteiger partial charge in [-0.3, -0.25) is 0 Å². The molecule has 1 heterocycles. The van der Waals surface area contributed by atoms with Crippen molar-refractivity contribution in [2.45, 2.75) is 32.4 Å². The van der Waals surface area contributed by atoms with Crippen molar-refractivity contribution in [1.29, 1.82) is 0 Å². The predicted molar refractivity (Wildman–Crippen MR) is 92.0 cm³/mol. The number of hydrogen-bond acceptors (Lipinski definition) is 2. The minimum Gasteiger partial charge on any atom is -0.493 e. The Balaban J connectivity index is 1.64. The molecule has 1 fully saturated rings. The first-order chi connectivity index (χ1) is 11.3. The largest absolute Gasteiger partial charge is 0.493 e. The lowest BCUT2D eigenvalue weighted by molar-refractivity contribution is -0.918. The number of nitrogens with one attached hydrogen (secondary N) is 1.